The fourth-order valence-electron chi connectivity index (χ4n) is 7.98. The predicted molar refractivity (Wildman–Crippen MR) is 205 cm³/mol. The summed E-state index contributed by atoms with van der Waals surface area (Å²) in [4.78, 5) is 0. The topological polar surface area (TPSA) is 0 Å². The van der Waals surface area contributed by atoms with E-state index in [1.165, 1.54) is 161 Å². The average Bonchev–Trinajstić information content (AvgIpc) is 3.03. The van der Waals surface area contributed by atoms with Crippen molar-refractivity contribution in [2.75, 3.05) is 12.3 Å². The van der Waals surface area contributed by atoms with Crippen LogP contribution in [0.5, 0.6) is 0 Å². The van der Waals surface area contributed by atoms with Crippen LogP contribution in [-0.2, 0) is 0 Å². The Balaban J connectivity index is 6.11. The van der Waals surface area contributed by atoms with Gasteiger partial charge in [-0.2, -0.15) is 0 Å². The van der Waals surface area contributed by atoms with Crippen molar-refractivity contribution in [1.82, 2.24) is 0 Å². The number of unbranched alkanes of at least 4 members (excludes halogenated alkanes) is 14. The minimum atomic E-state index is 0.0512. The molecule has 0 N–H and O–H groups in total. The Hall–Kier alpha value is 0.430. The highest BCUT2D eigenvalue weighted by Gasteiger charge is 2.44. The molecule has 0 heterocycles. The molecule has 0 aromatic heterocycles. The number of hydrogen-bond donors (Lipinski definition) is 0. The summed E-state index contributed by atoms with van der Waals surface area (Å²) >= 11 is 0. The number of hydrogen-bond acceptors (Lipinski definition) is 0. The van der Waals surface area contributed by atoms with Gasteiger partial charge in [0, 0.05) is 0 Å². The van der Waals surface area contributed by atoms with E-state index in [0.717, 1.165) is 17.8 Å². The lowest BCUT2D eigenvalue weighted by Gasteiger charge is -2.50. The highest BCUT2D eigenvalue weighted by Crippen LogP contribution is 2.63. The molecule has 0 spiro atoms. The van der Waals surface area contributed by atoms with Crippen molar-refractivity contribution in [3.8, 4) is 0 Å². The SMILES string of the molecule is CCCCCCCCCCCCC(CCCC)C(CCCC)(CCCC)P(CC(CC)CCCC)CC(CC)CCCC. The average molecular weight is 623 g/mol. The first-order valence-corrected chi connectivity index (χ1v) is 22.5. The zero-order valence-electron chi connectivity index (χ0n) is 31.9. The fraction of sp³-hybridized carbons (Fsp3) is 1.00. The van der Waals surface area contributed by atoms with Gasteiger partial charge in [0.1, 0.15) is 0 Å². The minimum absolute atomic E-state index is 0.0512. The lowest BCUT2D eigenvalue weighted by atomic mass is 9.77. The molecule has 0 aliphatic carbocycles. The first-order chi connectivity index (χ1) is 21.0. The highest BCUT2D eigenvalue weighted by atomic mass is 31.1. The van der Waals surface area contributed by atoms with Gasteiger partial charge in [-0.1, -0.05) is 217 Å². The Morgan fingerprint density at radius 2 is 0.721 bits per heavy atom. The maximum absolute atomic E-state index is 2.53. The van der Waals surface area contributed by atoms with Crippen LogP contribution in [0, 0.1) is 17.8 Å². The van der Waals surface area contributed by atoms with Gasteiger partial charge in [0.25, 0.3) is 0 Å². The quantitative estimate of drug-likeness (QED) is 0.0495. The molecule has 0 radical (unpaired) electrons. The summed E-state index contributed by atoms with van der Waals surface area (Å²) in [5.74, 6) is 2.93. The fourth-order valence-corrected chi connectivity index (χ4v) is 12.7. The molecule has 0 amide bonds. The van der Waals surface area contributed by atoms with E-state index in [9.17, 15) is 0 Å². The molecular formula is C42H87P. The van der Waals surface area contributed by atoms with Gasteiger partial charge in [0.2, 0.25) is 0 Å². The number of rotatable bonds is 34. The van der Waals surface area contributed by atoms with E-state index in [2.05, 4.69) is 55.4 Å². The van der Waals surface area contributed by atoms with E-state index in [4.69, 9.17) is 0 Å². The Bertz CT molecular complexity index is 515. The summed E-state index contributed by atoms with van der Waals surface area (Å²) < 4.78 is 0. The van der Waals surface area contributed by atoms with Crippen LogP contribution in [0.25, 0.3) is 0 Å². The molecule has 0 aliphatic heterocycles. The summed E-state index contributed by atoms with van der Waals surface area (Å²) in [6, 6.07) is 0. The maximum Gasteiger partial charge on any atom is -0.00660 e. The second-order valence-electron chi connectivity index (χ2n) is 14.9. The molecule has 0 bridgehead atoms. The summed E-state index contributed by atoms with van der Waals surface area (Å²) in [6.45, 7) is 19.6. The largest absolute Gasteiger partial charge is 0.0995 e. The van der Waals surface area contributed by atoms with Gasteiger partial charge in [0.15, 0.2) is 0 Å². The normalized spacial score (nSPS) is 15.1. The molecule has 260 valence electrons. The van der Waals surface area contributed by atoms with Gasteiger partial charge in [-0.15, -0.1) is 0 Å². The Morgan fingerprint density at radius 1 is 0.372 bits per heavy atom. The molecule has 0 nitrogen and oxygen atoms in total. The zero-order chi connectivity index (χ0) is 32.0. The van der Waals surface area contributed by atoms with Crippen LogP contribution in [0.4, 0.5) is 0 Å². The van der Waals surface area contributed by atoms with E-state index in [1.54, 1.807) is 31.6 Å². The van der Waals surface area contributed by atoms with Gasteiger partial charge in [-0.05, 0) is 60.9 Å². The van der Waals surface area contributed by atoms with E-state index in [-0.39, 0.29) is 7.92 Å². The van der Waals surface area contributed by atoms with Gasteiger partial charge in [0.05, 0.1) is 0 Å². The maximum atomic E-state index is 2.53. The molecule has 0 aromatic carbocycles. The minimum Gasteiger partial charge on any atom is -0.0995 e. The molecule has 0 saturated heterocycles. The first-order valence-electron chi connectivity index (χ1n) is 20.8. The monoisotopic (exact) mass is 623 g/mol. The van der Waals surface area contributed by atoms with Crippen LogP contribution in [-0.4, -0.2) is 17.5 Å². The molecule has 0 rings (SSSR count). The lowest BCUT2D eigenvalue weighted by Crippen LogP contribution is -2.40. The van der Waals surface area contributed by atoms with Gasteiger partial charge < -0.3 is 0 Å². The third kappa shape index (κ3) is 20.3. The van der Waals surface area contributed by atoms with Crippen LogP contribution in [0.15, 0.2) is 0 Å². The summed E-state index contributed by atoms with van der Waals surface area (Å²) in [5, 5.41) is 0.648. The molecule has 3 unspecified atom stereocenters. The third-order valence-corrected chi connectivity index (χ3v) is 15.2. The van der Waals surface area contributed by atoms with Crippen molar-refractivity contribution in [3.63, 3.8) is 0 Å². The van der Waals surface area contributed by atoms with Crippen LogP contribution in [0.3, 0.4) is 0 Å². The lowest BCUT2D eigenvalue weighted by molar-refractivity contribution is 0.266. The van der Waals surface area contributed by atoms with Gasteiger partial charge >= 0.3 is 0 Å². The molecule has 0 saturated carbocycles. The molecular weight excluding hydrogens is 535 g/mol. The molecule has 3 atom stereocenters. The molecule has 1 heteroatoms. The standard InChI is InChI=1S/C42H87P/c1-9-17-23-24-25-26-27-28-29-30-34-41(33-20-12-4)42(35-21-13-5,36-22-14-6)43(37-39(15-7)31-18-10-2)38-40(16-8)32-19-11-3/h39-41H,9-38H2,1-8H3. The van der Waals surface area contributed by atoms with E-state index in [1.807, 2.05) is 0 Å². The predicted octanol–water partition coefficient (Wildman–Crippen LogP) is 16.1. The van der Waals surface area contributed by atoms with Crippen molar-refractivity contribution in [1.29, 1.82) is 0 Å². The smallest absolute Gasteiger partial charge is 0.00660 e. The third-order valence-electron chi connectivity index (χ3n) is 11.2. The summed E-state index contributed by atoms with van der Waals surface area (Å²) in [5.41, 5.74) is 0. The van der Waals surface area contributed by atoms with Gasteiger partial charge in [-0.25, -0.2) is 0 Å². The van der Waals surface area contributed by atoms with E-state index < -0.39 is 0 Å². The Morgan fingerprint density at radius 3 is 1.12 bits per heavy atom. The van der Waals surface area contributed by atoms with Crippen molar-refractivity contribution in [3.05, 3.63) is 0 Å². The Labute approximate surface area is 277 Å². The van der Waals surface area contributed by atoms with Gasteiger partial charge in [-0.3, -0.25) is 0 Å². The van der Waals surface area contributed by atoms with Crippen LogP contribution in [0.2, 0.25) is 0 Å². The van der Waals surface area contributed by atoms with Crippen LogP contribution < -0.4 is 0 Å². The van der Waals surface area contributed by atoms with E-state index in [0.29, 0.717) is 5.16 Å². The first kappa shape index (κ1) is 43.4. The van der Waals surface area contributed by atoms with Crippen LogP contribution in [0.1, 0.15) is 235 Å². The molecule has 0 aromatic rings. The van der Waals surface area contributed by atoms with Crippen molar-refractivity contribution < 1.29 is 0 Å². The van der Waals surface area contributed by atoms with Crippen molar-refractivity contribution >= 4 is 7.92 Å². The van der Waals surface area contributed by atoms with E-state index >= 15 is 0 Å². The molecule has 43 heavy (non-hydrogen) atoms. The highest BCUT2D eigenvalue weighted by molar-refractivity contribution is 7.59. The second-order valence-corrected chi connectivity index (χ2v) is 17.6. The molecule has 0 fully saturated rings. The van der Waals surface area contributed by atoms with Crippen LogP contribution >= 0.6 is 7.92 Å². The second kappa shape index (κ2) is 31.1. The van der Waals surface area contributed by atoms with Crippen molar-refractivity contribution in [2.24, 2.45) is 17.8 Å². The Kier molecular flexibility index (Phi) is 31.4. The summed E-state index contributed by atoms with van der Waals surface area (Å²) in [6.07, 6.45) is 44.1. The summed E-state index contributed by atoms with van der Waals surface area (Å²) in [7, 11) is 0.0512. The molecule has 0 aliphatic rings. The zero-order valence-corrected chi connectivity index (χ0v) is 32.8. The van der Waals surface area contributed by atoms with Crippen molar-refractivity contribution in [2.45, 2.75) is 240 Å².